The molecule has 1 unspecified atom stereocenters. The van der Waals surface area contributed by atoms with E-state index in [9.17, 15) is 9.59 Å². The van der Waals surface area contributed by atoms with E-state index < -0.39 is 12.0 Å². The van der Waals surface area contributed by atoms with E-state index in [4.69, 9.17) is 5.11 Å². The number of hydrogen-bond donors (Lipinski definition) is 3. The monoisotopic (exact) mass is 314 g/mol. The van der Waals surface area contributed by atoms with Crippen LogP contribution in [0, 0.1) is 0 Å². The lowest BCUT2D eigenvalue weighted by Crippen LogP contribution is -2.38. The van der Waals surface area contributed by atoms with Crippen LogP contribution in [0.2, 0.25) is 0 Å². The van der Waals surface area contributed by atoms with Gasteiger partial charge in [0.05, 0.1) is 6.42 Å². The number of halogens is 1. The number of carbonyl (C=O) groups is 2. The van der Waals surface area contributed by atoms with Crippen LogP contribution >= 0.6 is 15.9 Å². The van der Waals surface area contributed by atoms with Gasteiger partial charge >= 0.3 is 12.0 Å². The highest BCUT2D eigenvalue weighted by Gasteiger charge is 2.13. The molecule has 1 atom stereocenters. The smallest absolute Gasteiger partial charge is 0.319 e. The van der Waals surface area contributed by atoms with E-state index in [1.807, 2.05) is 13.0 Å². The molecule has 6 heteroatoms. The Balaban J connectivity index is 2.52. The average molecular weight is 315 g/mol. The van der Waals surface area contributed by atoms with Crippen molar-refractivity contribution in [3.63, 3.8) is 0 Å². The molecule has 0 heterocycles. The minimum atomic E-state index is -0.926. The maximum absolute atomic E-state index is 11.6. The topological polar surface area (TPSA) is 78.4 Å². The number of rotatable bonds is 5. The van der Waals surface area contributed by atoms with Gasteiger partial charge in [-0.3, -0.25) is 4.79 Å². The molecule has 0 fully saturated rings. The Kier molecular flexibility index (Phi) is 5.64. The average Bonchev–Trinajstić information content (AvgIpc) is 2.27. The summed E-state index contributed by atoms with van der Waals surface area (Å²) in [6.07, 6.45) is 0.487. The lowest BCUT2D eigenvalue weighted by molar-refractivity contribution is -0.137. The van der Waals surface area contributed by atoms with Gasteiger partial charge in [0.2, 0.25) is 0 Å². The summed E-state index contributed by atoms with van der Waals surface area (Å²) in [6.45, 7) is 1.83. The Morgan fingerprint density at radius 3 is 2.72 bits per heavy atom. The summed E-state index contributed by atoms with van der Waals surface area (Å²) in [4.78, 5) is 22.2. The molecular formula is C12H15BrN2O3. The van der Waals surface area contributed by atoms with Crippen molar-refractivity contribution in [3.8, 4) is 0 Å². The van der Waals surface area contributed by atoms with Gasteiger partial charge in [-0.2, -0.15) is 0 Å². The summed E-state index contributed by atoms with van der Waals surface area (Å²) in [5.41, 5.74) is 0.645. The van der Waals surface area contributed by atoms with Crippen molar-refractivity contribution in [2.24, 2.45) is 0 Å². The van der Waals surface area contributed by atoms with Crippen LogP contribution in [0.1, 0.15) is 19.8 Å². The number of carboxylic acids is 1. The zero-order valence-electron chi connectivity index (χ0n) is 9.94. The largest absolute Gasteiger partial charge is 0.481 e. The first kappa shape index (κ1) is 14.5. The number of hydrogen-bond acceptors (Lipinski definition) is 2. The lowest BCUT2D eigenvalue weighted by Gasteiger charge is -2.15. The van der Waals surface area contributed by atoms with Crippen molar-refractivity contribution in [2.75, 3.05) is 5.32 Å². The number of anilines is 1. The van der Waals surface area contributed by atoms with Crippen LogP contribution in [-0.2, 0) is 4.79 Å². The number of nitrogens with one attached hydrogen (secondary N) is 2. The molecule has 0 aromatic heterocycles. The highest BCUT2D eigenvalue weighted by Crippen LogP contribution is 2.15. The molecule has 5 nitrogen and oxygen atoms in total. The molecule has 0 saturated carbocycles. The second kappa shape index (κ2) is 7.00. The van der Waals surface area contributed by atoms with Crippen LogP contribution in [0.25, 0.3) is 0 Å². The minimum Gasteiger partial charge on any atom is -0.481 e. The third kappa shape index (κ3) is 5.18. The van der Waals surface area contributed by atoms with Crippen LogP contribution in [0.15, 0.2) is 28.7 Å². The summed E-state index contributed by atoms with van der Waals surface area (Å²) >= 11 is 3.30. The van der Waals surface area contributed by atoms with Gasteiger partial charge in [0.15, 0.2) is 0 Å². The van der Waals surface area contributed by atoms with Gasteiger partial charge in [0.1, 0.15) is 0 Å². The number of benzene rings is 1. The summed E-state index contributed by atoms with van der Waals surface area (Å²) in [5, 5.41) is 13.9. The SMILES string of the molecule is CCC(CC(=O)O)NC(=O)Nc1cccc(Br)c1. The van der Waals surface area contributed by atoms with Crippen LogP contribution in [-0.4, -0.2) is 23.1 Å². The van der Waals surface area contributed by atoms with E-state index >= 15 is 0 Å². The molecule has 1 rings (SSSR count). The summed E-state index contributed by atoms with van der Waals surface area (Å²) in [6, 6.07) is 6.40. The fourth-order valence-electron chi connectivity index (χ4n) is 1.43. The van der Waals surface area contributed by atoms with Crippen LogP contribution in [0.4, 0.5) is 10.5 Å². The number of carbonyl (C=O) groups excluding carboxylic acids is 1. The number of urea groups is 1. The van der Waals surface area contributed by atoms with Gasteiger partial charge in [0, 0.05) is 16.2 Å². The first-order chi connectivity index (χ1) is 8.51. The molecule has 0 aliphatic carbocycles. The molecule has 0 radical (unpaired) electrons. The number of aliphatic carboxylic acids is 1. The first-order valence-corrected chi connectivity index (χ1v) is 6.35. The van der Waals surface area contributed by atoms with Crippen molar-refractivity contribution in [3.05, 3.63) is 28.7 Å². The minimum absolute atomic E-state index is 0.0809. The molecule has 0 bridgehead atoms. The van der Waals surface area contributed by atoms with Crippen LogP contribution < -0.4 is 10.6 Å². The van der Waals surface area contributed by atoms with Gasteiger partial charge in [-0.15, -0.1) is 0 Å². The van der Waals surface area contributed by atoms with E-state index in [2.05, 4.69) is 26.6 Å². The molecule has 0 aliphatic rings. The predicted molar refractivity (Wildman–Crippen MR) is 72.6 cm³/mol. The fourth-order valence-corrected chi connectivity index (χ4v) is 1.83. The Bertz CT molecular complexity index is 437. The van der Waals surface area contributed by atoms with E-state index in [1.54, 1.807) is 18.2 Å². The summed E-state index contributed by atoms with van der Waals surface area (Å²) in [7, 11) is 0. The molecule has 1 aromatic carbocycles. The molecule has 98 valence electrons. The summed E-state index contributed by atoms with van der Waals surface area (Å²) in [5.74, 6) is -0.926. The Morgan fingerprint density at radius 1 is 1.44 bits per heavy atom. The predicted octanol–water partition coefficient (Wildman–Crippen LogP) is 2.82. The van der Waals surface area contributed by atoms with Crippen molar-refractivity contribution >= 4 is 33.6 Å². The molecule has 1 aromatic rings. The molecule has 18 heavy (non-hydrogen) atoms. The van der Waals surface area contributed by atoms with Crippen molar-refractivity contribution in [2.45, 2.75) is 25.8 Å². The Hall–Kier alpha value is -1.56. The van der Waals surface area contributed by atoms with Crippen molar-refractivity contribution in [1.29, 1.82) is 0 Å². The van der Waals surface area contributed by atoms with Gasteiger partial charge in [-0.1, -0.05) is 28.9 Å². The number of carboxylic acid groups (broad SMARTS) is 1. The van der Waals surface area contributed by atoms with Crippen molar-refractivity contribution in [1.82, 2.24) is 5.32 Å². The highest BCUT2D eigenvalue weighted by molar-refractivity contribution is 9.10. The lowest BCUT2D eigenvalue weighted by atomic mass is 10.1. The molecule has 3 N–H and O–H groups in total. The molecule has 0 aliphatic heterocycles. The maximum Gasteiger partial charge on any atom is 0.319 e. The van der Waals surface area contributed by atoms with Crippen LogP contribution in [0.5, 0.6) is 0 Å². The van der Waals surface area contributed by atoms with E-state index in [0.29, 0.717) is 12.1 Å². The second-order valence-electron chi connectivity index (χ2n) is 3.81. The number of amides is 2. The van der Waals surface area contributed by atoms with Gasteiger partial charge < -0.3 is 15.7 Å². The van der Waals surface area contributed by atoms with Crippen molar-refractivity contribution < 1.29 is 14.7 Å². The molecule has 2 amide bonds. The quantitative estimate of drug-likeness (QED) is 0.782. The maximum atomic E-state index is 11.6. The zero-order valence-corrected chi connectivity index (χ0v) is 11.5. The van der Waals surface area contributed by atoms with E-state index in [0.717, 1.165) is 4.47 Å². The van der Waals surface area contributed by atoms with Crippen LogP contribution in [0.3, 0.4) is 0 Å². The zero-order chi connectivity index (χ0) is 13.5. The molecular weight excluding hydrogens is 300 g/mol. The van der Waals surface area contributed by atoms with E-state index in [-0.39, 0.29) is 12.5 Å². The van der Waals surface area contributed by atoms with Gasteiger partial charge in [-0.05, 0) is 24.6 Å². The Morgan fingerprint density at radius 2 is 2.17 bits per heavy atom. The third-order valence-electron chi connectivity index (χ3n) is 2.33. The Labute approximate surface area is 114 Å². The molecule has 0 spiro atoms. The first-order valence-electron chi connectivity index (χ1n) is 5.56. The third-order valence-corrected chi connectivity index (χ3v) is 2.82. The normalized spacial score (nSPS) is 11.7. The fraction of sp³-hybridized carbons (Fsp3) is 0.333. The molecule has 0 saturated heterocycles. The second-order valence-corrected chi connectivity index (χ2v) is 4.73. The standard InChI is InChI=1S/C12H15BrN2O3/c1-2-9(7-11(16)17)14-12(18)15-10-5-3-4-8(13)6-10/h3-6,9H,2,7H2,1H3,(H,16,17)(H2,14,15,18). The summed E-state index contributed by atoms with van der Waals surface area (Å²) < 4.78 is 0.859. The van der Waals surface area contributed by atoms with Gasteiger partial charge in [0.25, 0.3) is 0 Å². The van der Waals surface area contributed by atoms with E-state index in [1.165, 1.54) is 0 Å². The van der Waals surface area contributed by atoms with Gasteiger partial charge in [-0.25, -0.2) is 4.79 Å². The highest BCUT2D eigenvalue weighted by atomic mass is 79.9.